The molecule has 1 aliphatic rings. The molecule has 6 heteroatoms. The molecule has 1 amide bonds. The summed E-state index contributed by atoms with van der Waals surface area (Å²) in [4.78, 5) is 32.9. The molecular weight excluding hydrogens is 306 g/mol. The van der Waals surface area contributed by atoms with Crippen LogP contribution in [0.15, 0.2) is 30.5 Å². The summed E-state index contributed by atoms with van der Waals surface area (Å²) in [6, 6.07) is 6.76. The Kier molecular flexibility index (Phi) is 4.05. The summed E-state index contributed by atoms with van der Waals surface area (Å²) in [6.45, 7) is 4.07. The molecule has 1 aliphatic carbocycles. The van der Waals surface area contributed by atoms with Crippen LogP contribution in [0, 0.1) is 5.41 Å². The maximum absolute atomic E-state index is 12.3. The van der Waals surface area contributed by atoms with Crippen LogP contribution >= 0.6 is 0 Å². The Morgan fingerprint density at radius 1 is 1.21 bits per heavy atom. The molecular formula is C18H19N3O3. The van der Waals surface area contributed by atoms with Crippen molar-refractivity contribution in [2.24, 2.45) is 5.41 Å². The summed E-state index contributed by atoms with van der Waals surface area (Å²) in [5.74, 6) is 0.630. The molecule has 0 spiro atoms. The van der Waals surface area contributed by atoms with E-state index in [-0.39, 0.29) is 23.1 Å². The van der Waals surface area contributed by atoms with Gasteiger partial charge in [0.25, 0.3) is 5.91 Å². The van der Waals surface area contributed by atoms with E-state index in [9.17, 15) is 9.59 Å². The fourth-order valence-corrected chi connectivity index (χ4v) is 2.81. The lowest BCUT2D eigenvalue weighted by atomic mass is 9.76. The molecule has 0 radical (unpaired) electrons. The number of fused-ring (bicyclic) bond motifs is 1. The van der Waals surface area contributed by atoms with Gasteiger partial charge in [-0.1, -0.05) is 13.8 Å². The van der Waals surface area contributed by atoms with Crippen molar-refractivity contribution in [1.82, 2.24) is 9.97 Å². The minimum absolute atomic E-state index is 0.0503. The summed E-state index contributed by atoms with van der Waals surface area (Å²) in [5, 5.41) is 2.67. The molecule has 0 atom stereocenters. The molecule has 2 aromatic rings. The number of hydrogen-bond acceptors (Lipinski definition) is 5. The molecule has 0 fully saturated rings. The fraction of sp³-hybridized carbons (Fsp3) is 0.333. The van der Waals surface area contributed by atoms with Crippen molar-refractivity contribution in [3.63, 3.8) is 0 Å². The van der Waals surface area contributed by atoms with Crippen LogP contribution in [0.3, 0.4) is 0 Å². The maximum atomic E-state index is 12.3. The van der Waals surface area contributed by atoms with Gasteiger partial charge in [0.05, 0.1) is 18.4 Å². The van der Waals surface area contributed by atoms with Crippen molar-refractivity contribution >= 4 is 17.6 Å². The highest BCUT2D eigenvalue weighted by Crippen LogP contribution is 2.33. The number of aromatic nitrogens is 2. The van der Waals surface area contributed by atoms with Crippen LogP contribution in [0.25, 0.3) is 0 Å². The molecule has 6 nitrogen and oxygen atoms in total. The minimum atomic E-state index is -0.306. The van der Waals surface area contributed by atoms with Crippen LogP contribution in [0.5, 0.6) is 5.75 Å². The summed E-state index contributed by atoms with van der Waals surface area (Å²) < 4.78 is 5.07. The Hall–Kier alpha value is -2.76. The number of hydrogen-bond donors (Lipinski definition) is 1. The fourth-order valence-electron chi connectivity index (χ4n) is 2.81. The van der Waals surface area contributed by atoms with Crippen LogP contribution in [-0.4, -0.2) is 28.8 Å². The van der Waals surface area contributed by atoms with Crippen molar-refractivity contribution in [1.29, 1.82) is 0 Å². The first kappa shape index (κ1) is 16.1. The Morgan fingerprint density at radius 2 is 1.92 bits per heavy atom. The average Bonchev–Trinajstić information content (AvgIpc) is 2.53. The van der Waals surface area contributed by atoms with Gasteiger partial charge in [0, 0.05) is 18.2 Å². The zero-order valence-electron chi connectivity index (χ0n) is 13.9. The smallest absolute Gasteiger partial charge is 0.258 e. The van der Waals surface area contributed by atoms with Gasteiger partial charge in [-0.15, -0.1) is 0 Å². The van der Waals surface area contributed by atoms with Crippen molar-refractivity contribution in [2.45, 2.75) is 26.7 Å². The summed E-state index contributed by atoms with van der Waals surface area (Å²) in [6.07, 6.45) is 2.67. The second kappa shape index (κ2) is 6.03. The molecule has 0 saturated heterocycles. The van der Waals surface area contributed by atoms with Crippen LogP contribution in [-0.2, 0) is 6.42 Å². The largest absolute Gasteiger partial charge is 0.497 e. The number of ether oxygens (including phenoxy) is 1. The first-order valence-corrected chi connectivity index (χ1v) is 7.72. The second-order valence-electron chi connectivity index (χ2n) is 6.68. The number of ketones is 1. The van der Waals surface area contributed by atoms with Crippen molar-refractivity contribution in [2.75, 3.05) is 12.4 Å². The highest BCUT2D eigenvalue weighted by atomic mass is 16.5. The number of amides is 1. The van der Waals surface area contributed by atoms with Gasteiger partial charge in [0.15, 0.2) is 5.78 Å². The average molecular weight is 325 g/mol. The third-order valence-corrected chi connectivity index (χ3v) is 4.03. The predicted molar refractivity (Wildman–Crippen MR) is 89.4 cm³/mol. The number of nitrogens with zero attached hydrogens (tertiary/aromatic N) is 2. The molecule has 0 unspecified atom stereocenters. The number of benzene rings is 1. The van der Waals surface area contributed by atoms with Gasteiger partial charge in [-0.3, -0.25) is 14.9 Å². The normalized spacial score (nSPS) is 15.5. The predicted octanol–water partition coefficient (Wildman–Crippen LogP) is 2.89. The van der Waals surface area contributed by atoms with E-state index in [2.05, 4.69) is 15.3 Å². The van der Waals surface area contributed by atoms with Gasteiger partial charge in [-0.2, -0.15) is 0 Å². The quantitative estimate of drug-likeness (QED) is 0.938. The highest BCUT2D eigenvalue weighted by molar-refractivity contribution is 6.03. The van der Waals surface area contributed by atoms with E-state index in [0.717, 1.165) is 0 Å². The van der Waals surface area contributed by atoms with E-state index < -0.39 is 0 Å². The van der Waals surface area contributed by atoms with Crippen LogP contribution in [0.1, 0.15) is 46.7 Å². The number of nitrogens with one attached hydrogen (secondary N) is 1. The van der Waals surface area contributed by atoms with Gasteiger partial charge in [0.1, 0.15) is 5.75 Å². The molecule has 1 aromatic carbocycles. The van der Waals surface area contributed by atoms with Gasteiger partial charge in [-0.25, -0.2) is 9.97 Å². The van der Waals surface area contributed by atoms with E-state index >= 15 is 0 Å². The zero-order chi connectivity index (χ0) is 17.3. The Morgan fingerprint density at radius 3 is 2.58 bits per heavy atom. The monoisotopic (exact) mass is 325 g/mol. The lowest BCUT2D eigenvalue weighted by Crippen LogP contribution is -2.28. The third kappa shape index (κ3) is 3.27. The molecule has 0 saturated carbocycles. The lowest BCUT2D eigenvalue weighted by molar-refractivity contribution is 0.0909. The molecule has 0 bridgehead atoms. The molecule has 0 aliphatic heterocycles. The number of Topliss-reactive ketones (excluding diaryl/α,β-unsaturated/α-hetero) is 1. The lowest BCUT2D eigenvalue weighted by Gasteiger charge is -2.29. The number of rotatable bonds is 3. The van der Waals surface area contributed by atoms with E-state index in [0.29, 0.717) is 35.4 Å². The van der Waals surface area contributed by atoms with Crippen molar-refractivity contribution in [3.8, 4) is 5.75 Å². The molecule has 3 rings (SSSR count). The number of carbonyl (C=O) groups excluding carboxylic acids is 2. The molecule has 1 heterocycles. The van der Waals surface area contributed by atoms with E-state index in [1.54, 1.807) is 31.4 Å². The van der Waals surface area contributed by atoms with Gasteiger partial charge >= 0.3 is 0 Å². The summed E-state index contributed by atoms with van der Waals surface area (Å²) in [7, 11) is 1.57. The van der Waals surface area contributed by atoms with Crippen molar-refractivity contribution < 1.29 is 14.3 Å². The molecule has 1 N–H and O–H groups in total. The van der Waals surface area contributed by atoms with Crippen LogP contribution in [0.2, 0.25) is 0 Å². The van der Waals surface area contributed by atoms with E-state index in [1.165, 1.54) is 6.20 Å². The topological polar surface area (TPSA) is 81.2 Å². The Labute approximate surface area is 140 Å². The van der Waals surface area contributed by atoms with E-state index in [4.69, 9.17) is 4.74 Å². The Balaban J connectivity index is 1.80. The SMILES string of the molecule is COc1ccc(C(=O)Nc2ncc3c(n2)CC(C)(C)CC3=O)cc1. The summed E-state index contributed by atoms with van der Waals surface area (Å²) in [5.41, 5.74) is 1.59. The first-order chi connectivity index (χ1) is 11.4. The number of methoxy groups -OCH3 is 1. The second-order valence-corrected chi connectivity index (χ2v) is 6.68. The summed E-state index contributed by atoms with van der Waals surface area (Å²) >= 11 is 0. The zero-order valence-corrected chi connectivity index (χ0v) is 13.9. The first-order valence-electron chi connectivity index (χ1n) is 7.72. The maximum Gasteiger partial charge on any atom is 0.258 e. The minimum Gasteiger partial charge on any atom is -0.497 e. The van der Waals surface area contributed by atoms with Crippen LogP contribution < -0.4 is 10.1 Å². The third-order valence-electron chi connectivity index (χ3n) is 4.03. The van der Waals surface area contributed by atoms with Crippen LogP contribution in [0.4, 0.5) is 5.95 Å². The molecule has 24 heavy (non-hydrogen) atoms. The van der Waals surface area contributed by atoms with E-state index in [1.807, 2.05) is 13.8 Å². The molecule has 124 valence electrons. The van der Waals surface area contributed by atoms with Gasteiger partial charge < -0.3 is 4.74 Å². The number of carbonyl (C=O) groups is 2. The van der Waals surface area contributed by atoms with Gasteiger partial charge in [0.2, 0.25) is 5.95 Å². The van der Waals surface area contributed by atoms with Crippen molar-refractivity contribution in [3.05, 3.63) is 47.3 Å². The number of anilines is 1. The standard InChI is InChI=1S/C18H19N3O3/c1-18(2)8-14-13(15(22)9-18)10-19-17(20-14)21-16(23)11-4-6-12(24-3)7-5-11/h4-7,10H,8-9H2,1-3H3,(H,19,20,21,23). The highest BCUT2D eigenvalue weighted by Gasteiger charge is 2.32. The Bertz CT molecular complexity index is 798. The molecule has 1 aromatic heterocycles. The van der Waals surface area contributed by atoms with Gasteiger partial charge in [-0.05, 0) is 36.1 Å².